The first-order chi connectivity index (χ1) is 13.4. The number of hydrogen-bond donors (Lipinski definition) is 1. The van der Waals surface area contributed by atoms with Crippen LogP contribution in [-0.2, 0) is 14.4 Å². The van der Waals surface area contributed by atoms with E-state index in [0.29, 0.717) is 24.0 Å². The van der Waals surface area contributed by atoms with Crippen LogP contribution in [0.4, 0.5) is 0 Å². The second-order valence-electron chi connectivity index (χ2n) is 7.61. The predicted molar refractivity (Wildman–Crippen MR) is 111 cm³/mol. The first kappa shape index (κ1) is 22.5. The first-order valence-electron chi connectivity index (χ1n) is 9.97. The number of aliphatic imine (C=N–C) groups is 1. The molecule has 28 heavy (non-hydrogen) atoms. The number of likely N-dealkylation sites (N-methyl/N-ethyl adjacent to an activating group) is 2. The molecule has 8 heteroatoms. The smallest absolute Gasteiger partial charge is 0.276 e. The Hall–Kier alpha value is -1.74. The van der Waals surface area contributed by atoms with E-state index in [9.17, 15) is 4.79 Å². The third-order valence-electron chi connectivity index (χ3n) is 5.06. The van der Waals surface area contributed by atoms with Gasteiger partial charge in [0, 0.05) is 51.5 Å². The molecule has 2 saturated heterocycles. The van der Waals surface area contributed by atoms with E-state index in [0.717, 1.165) is 45.4 Å². The summed E-state index contributed by atoms with van der Waals surface area (Å²) in [5.41, 5.74) is 2.89. The van der Waals surface area contributed by atoms with Crippen LogP contribution < -0.4 is 5.48 Å². The average molecular weight is 394 g/mol. The molecular weight excluding hydrogens is 358 g/mol. The summed E-state index contributed by atoms with van der Waals surface area (Å²) in [5.74, 6) is 0.331. The van der Waals surface area contributed by atoms with Crippen LogP contribution in [0.2, 0.25) is 0 Å². The van der Waals surface area contributed by atoms with E-state index in [4.69, 9.17) is 9.57 Å². The molecule has 0 aromatic carbocycles. The number of rotatable bonds is 8. The fourth-order valence-corrected chi connectivity index (χ4v) is 3.27. The van der Waals surface area contributed by atoms with Crippen LogP contribution in [0, 0.1) is 0 Å². The topological polar surface area (TPSA) is 69.6 Å². The van der Waals surface area contributed by atoms with E-state index >= 15 is 0 Å². The van der Waals surface area contributed by atoms with Crippen LogP contribution >= 0.6 is 0 Å². The van der Waals surface area contributed by atoms with Crippen molar-refractivity contribution in [3.05, 3.63) is 24.0 Å². The summed E-state index contributed by atoms with van der Waals surface area (Å²) in [5, 5.41) is 0. The van der Waals surface area contributed by atoms with E-state index in [1.54, 1.807) is 19.2 Å². The molecular formula is C20H35N5O3. The quantitative estimate of drug-likeness (QED) is 0.380. The highest BCUT2D eigenvalue weighted by molar-refractivity contribution is 6.11. The van der Waals surface area contributed by atoms with Crippen LogP contribution in [0.15, 0.2) is 29.0 Å². The summed E-state index contributed by atoms with van der Waals surface area (Å²) in [4.78, 5) is 28.8. The summed E-state index contributed by atoms with van der Waals surface area (Å²) in [6.45, 7) is 10.2. The Labute approximate surface area is 168 Å². The molecule has 0 aliphatic carbocycles. The highest BCUT2D eigenvalue weighted by atomic mass is 16.8. The number of allylic oxidation sites excluding steroid dienone is 1. The molecule has 1 amide bonds. The van der Waals surface area contributed by atoms with Crippen molar-refractivity contribution in [2.75, 3.05) is 53.9 Å². The third-order valence-corrected chi connectivity index (χ3v) is 5.06. The maximum absolute atomic E-state index is 12.3. The van der Waals surface area contributed by atoms with Gasteiger partial charge in [-0.1, -0.05) is 12.7 Å². The van der Waals surface area contributed by atoms with E-state index in [2.05, 4.69) is 52.9 Å². The highest BCUT2D eigenvalue weighted by Gasteiger charge is 2.25. The number of nitrogens with zero attached hydrogens (tertiary/aromatic N) is 4. The Morgan fingerprint density at radius 1 is 1.39 bits per heavy atom. The molecule has 0 spiro atoms. The van der Waals surface area contributed by atoms with Crippen LogP contribution in [0.3, 0.4) is 0 Å². The number of carbonyl (C=O) groups excluding carboxylic acids is 1. The van der Waals surface area contributed by atoms with Crippen molar-refractivity contribution in [3.63, 3.8) is 0 Å². The van der Waals surface area contributed by atoms with Gasteiger partial charge < -0.3 is 14.5 Å². The molecule has 2 fully saturated rings. The minimum absolute atomic E-state index is 0.336. The molecule has 0 aromatic rings. The fourth-order valence-electron chi connectivity index (χ4n) is 3.27. The van der Waals surface area contributed by atoms with Gasteiger partial charge in [-0.25, -0.2) is 15.3 Å². The van der Waals surface area contributed by atoms with Gasteiger partial charge in [0.25, 0.3) is 5.91 Å². The molecule has 2 aliphatic heterocycles. The van der Waals surface area contributed by atoms with Crippen LogP contribution in [0.25, 0.3) is 0 Å². The van der Waals surface area contributed by atoms with Crippen molar-refractivity contribution in [2.45, 2.75) is 38.5 Å². The molecule has 2 rings (SSSR count). The molecule has 1 N–H and O–H groups in total. The lowest BCUT2D eigenvalue weighted by molar-refractivity contribution is -0.198. The van der Waals surface area contributed by atoms with Gasteiger partial charge in [0.05, 0.1) is 5.57 Å². The Morgan fingerprint density at radius 2 is 2.18 bits per heavy atom. The number of nitrogens with one attached hydrogen (secondary N) is 1. The second-order valence-corrected chi connectivity index (χ2v) is 7.61. The van der Waals surface area contributed by atoms with E-state index < -0.39 is 0 Å². The van der Waals surface area contributed by atoms with Gasteiger partial charge in [-0.2, -0.15) is 0 Å². The van der Waals surface area contributed by atoms with Gasteiger partial charge in [-0.3, -0.25) is 9.69 Å². The van der Waals surface area contributed by atoms with Gasteiger partial charge in [0.1, 0.15) is 5.82 Å². The fraction of sp³-hybridized carbons (Fsp3) is 0.700. The minimum atomic E-state index is -0.373. The number of carbonyl (C=O) groups is 1. The Balaban J connectivity index is 1.85. The first-order valence-corrected chi connectivity index (χ1v) is 9.97. The van der Waals surface area contributed by atoms with Crippen molar-refractivity contribution in [2.24, 2.45) is 4.99 Å². The Morgan fingerprint density at radius 3 is 2.82 bits per heavy atom. The molecule has 0 aromatic heterocycles. The van der Waals surface area contributed by atoms with Crippen molar-refractivity contribution in [3.8, 4) is 0 Å². The third kappa shape index (κ3) is 7.01. The second kappa shape index (κ2) is 11.3. The lowest BCUT2D eigenvalue weighted by Crippen LogP contribution is -2.54. The normalized spacial score (nSPS) is 24.8. The summed E-state index contributed by atoms with van der Waals surface area (Å²) in [7, 11) is 6.31. The van der Waals surface area contributed by atoms with Crippen LogP contribution in [0.5, 0.6) is 0 Å². The minimum Gasteiger partial charge on any atom is -0.354 e. The van der Waals surface area contributed by atoms with E-state index in [1.807, 2.05) is 0 Å². The standard InChI is InChI=1S/C20H35N5O3/c1-6-17(20(26)22-28-19-9-7-8-12-27-19)13-21-16(2)25-11-10-24(5)18(15-25)14-23(3)4/h6,13,18-19H,2,7-12,14-15H2,1,3-5H3,(H,22,26)/b17-6+,21-13-. The van der Waals surface area contributed by atoms with Crippen LogP contribution in [0.1, 0.15) is 26.2 Å². The number of hydroxylamine groups is 1. The van der Waals surface area contributed by atoms with Gasteiger partial charge >= 0.3 is 0 Å². The van der Waals surface area contributed by atoms with Crippen molar-refractivity contribution >= 4 is 12.1 Å². The van der Waals surface area contributed by atoms with E-state index in [-0.39, 0.29) is 12.2 Å². The van der Waals surface area contributed by atoms with E-state index in [1.165, 1.54) is 0 Å². The summed E-state index contributed by atoms with van der Waals surface area (Å²) >= 11 is 0. The monoisotopic (exact) mass is 393 g/mol. The number of amides is 1. The molecule has 2 unspecified atom stereocenters. The van der Waals surface area contributed by atoms with Crippen LogP contribution in [-0.4, -0.2) is 93.1 Å². The maximum atomic E-state index is 12.3. The zero-order chi connectivity index (χ0) is 20.5. The predicted octanol–water partition coefficient (Wildman–Crippen LogP) is 1.23. The lowest BCUT2D eigenvalue weighted by Gasteiger charge is -2.41. The summed E-state index contributed by atoms with van der Waals surface area (Å²) in [6, 6.07) is 0.420. The summed E-state index contributed by atoms with van der Waals surface area (Å²) in [6.07, 6.45) is 5.73. The summed E-state index contributed by atoms with van der Waals surface area (Å²) < 4.78 is 5.45. The van der Waals surface area contributed by atoms with Crippen molar-refractivity contribution in [1.82, 2.24) is 20.2 Å². The molecule has 158 valence electrons. The number of ether oxygens (including phenoxy) is 1. The van der Waals surface area contributed by atoms with Gasteiger partial charge in [0.2, 0.25) is 0 Å². The SMILES string of the molecule is C=C(/N=C\C(=C/C)C(=O)NOC1CCCCO1)N1CCN(C)C(CN(C)C)C1. The van der Waals surface area contributed by atoms with Gasteiger partial charge in [-0.15, -0.1) is 0 Å². The highest BCUT2D eigenvalue weighted by Crippen LogP contribution is 2.14. The average Bonchev–Trinajstić information content (AvgIpc) is 2.68. The maximum Gasteiger partial charge on any atom is 0.276 e. The molecule has 2 atom stereocenters. The molecule has 0 bridgehead atoms. The zero-order valence-electron chi connectivity index (χ0n) is 17.7. The lowest BCUT2D eigenvalue weighted by atomic mass is 10.1. The Bertz CT molecular complexity index is 584. The largest absolute Gasteiger partial charge is 0.354 e. The molecule has 8 nitrogen and oxygen atoms in total. The number of piperazine rings is 1. The zero-order valence-corrected chi connectivity index (χ0v) is 17.7. The van der Waals surface area contributed by atoms with Gasteiger partial charge in [0.15, 0.2) is 6.29 Å². The molecule has 0 saturated carbocycles. The Kier molecular flexibility index (Phi) is 9.11. The molecule has 2 heterocycles. The molecule has 0 radical (unpaired) electrons. The number of hydrogen-bond acceptors (Lipinski definition) is 7. The molecule has 2 aliphatic rings. The van der Waals surface area contributed by atoms with Crippen molar-refractivity contribution < 1.29 is 14.4 Å². The van der Waals surface area contributed by atoms with Gasteiger partial charge in [-0.05, 0) is 40.9 Å². The van der Waals surface area contributed by atoms with Crippen molar-refractivity contribution in [1.29, 1.82) is 0 Å².